The molecule has 2 aromatic rings. The van der Waals surface area contributed by atoms with Crippen molar-refractivity contribution in [3.63, 3.8) is 0 Å². The Balaban J connectivity index is 1.67. The van der Waals surface area contributed by atoms with Gasteiger partial charge in [-0.2, -0.15) is 0 Å². The number of ether oxygens (including phenoxy) is 1. The lowest BCUT2D eigenvalue weighted by atomic mass is 9.99. The van der Waals surface area contributed by atoms with Crippen molar-refractivity contribution in [1.29, 1.82) is 0 Å². The van der Waals surface area contributed by atoms with E-state index in [1.165, 1.54) is 0 Å². The summed E-state index contributed by atoms with van der Waals surface area (Å²) in [7, 11) is 1.64. The number of hydrogen-bond acceptors (Lipinski definition) is 5. The number of aromatic nitrogens is 2. The molecule has 0 unspecified atom stereocenters. The first-order valence-electron chi connectivity index (χ1n) is 8.57. The van der Waals surface area contributed by atoms with Crippen LogP contribution < -0.4 is 4.74 Å². The monoisotopic (exact) mass is 341 g/mol. The molecule has 0 bridgehead atoms. The van der Waals surface area contributed by atoms with Crippen LogP contribution in [0.5, 0.6) is 5.75 Å². The van der Waals surface area contributed by atoms with Crippen molar-refractivity contribution in [1.82, 2.24) is 14.9 Å². The third kappa shape index (κ3) is 4.54. The minimum Gasteiger partial charge on any atom is -0.497 e. The second-order valence-electron chi connectivity index (χ2n) is 6.36. The summed E-state index contributed by atoms with van der Waals surface area (Å²) in [4.78, 5) is 22.2. The fourth-order valence-electron chi connectivity index (χ4n) is 3.26. The molecular formula is C19H23N3O3. The Morgan fingerprint density at radius 1 is 1.24 bits per heavy atom. The first-order valence-corrected chi connectivity index (χ1v) is 8.57. The predicted octanol–water partition coefficient (Wildman–Crippen LogP) is 2.98. The van der Waals surface area contributed by atoms with Gasteiger partial charge in [-0.05, 0) is 43.7 Å². The van der Waals surface area contributed by atoms with Gasteiger partial charge in [0.1, 0.15) is 5.75 Å². The number of carboxylic acids is 1. The van der Waals surface area contributed by atoms with Gasteiger partial charge in [-0.3, -0.25) is 9.69 Å². The van der Waals surface area contributed by atoms with E-state index in [1.54, 1.807) is 7.11 Å². The van der Waals surface area contributed by atoms with E-state index in [2.05, 4.69) is 14.9 Å². The molecule has 6 heteroatoms. The van der Waals surface area contributed by atoms with Crippen LogP contribution in [0.2, 0.25) is 0 Å². The minimum atomic E-state index is -0.733. The summed E-state index contributed by atoms with van der Waals surface area (Å²) in [6.45, 7) is 1.62. The number of likely N-dealkylation sites (tertiary alicyclic amines) is 1. The van der Waals surface area contributed by atoms with Crippen molar-refractivity contribution in [3.8, 4) is 17.1 Å². The first kappa shape index (κ1) is 17.4. The predicted molar refractivity (Wildman–Crippen MR) is 94.3 cm³/mol. The first-order chi connectivity index (χ1) is 12.2. The molecule has 3 rings (SSSR count). The number of hydrogen-bond donors (Lipinski definition) is 1. The van der Waals surface area contributed by atoms with E-state index in [0.717, 1.165) is 42.7 Å². The summed E-state index contributed by atoms with van der Waals surface area (Å²) < 4.78 is 5.16. The number of carbonyl (C=O) groups is 1. The van der Waals surface area contributed by atoms with E-state index in [1.807, 2.05) is 36.7 Å². The van der Waals surface area contributed by atoms with Gasteiger partial charge < -0.3 is 9.84 Å². The van der Waals surface area contributed by atoms with Crippen LogP contribution in [0.1, 0.15) is 31.2 Å². The van der Waals surface area contributed by atoms with E-state index in [4.69, 9.17) is 9.84 Å². The normalized spacial score (nSPS) is 18.0. The van der Waals surface area contributed by atoms with E-state index in [-0.39, 0.29) is 12.5 Å². The molecule has 25 heavy (non-hydrogen) atoms. The Hall–Kier alpha value is -2.47. The van der Waals surface area contributed by atoms with Gasteiger partial charge in [0.15, 0.2) is 5.82 Å². The van der Waals surface area contributed by atoms with Crippen molar-refractivity contribution in [3.05, 3.63) is 42.2 Å². The highest BCUT2D eigenvalue weighted by Gasteiger charge is 2.24. The largest absolute Gasteiger partial charge is 0.497 e. The summed E-state index contributed by atoms with van der Waals surface area (Å²) in [5.41, 5.74) is 1.95. The number of piperidine rings is 1. The fourth-order valence-corrected chi connectivity index (χ4v) is 3.26. The molecule has 1 fully saturated rings. The van der Waals surface area contributed by atoms with Gasteiger partial charge in [-0.1, -0.05) is 6.42 Å². The summed E-state index contributed by atoms with van der Waals surface area (Å²) in [5.74, 6) is 0.741. The Labute approximate surface area is 147 Å². The van der Waals surface area contributed by atoms with Gasteiger partial charge in [-0.25, -0.2) is 9.97 Å². The third-order valence-corrected chi connectivity index (χ3v) is 4.60. The van der Waals surface area contributed by atoms with Gasteiger partial charge in [0.25, 0.3) is 0 Å². The molecule has 0 aliphatic carbocycles. The Kier molecular flexibility index (Phi) is 5.60. The van der Waals surface area contributed by atoms with Crippen LogP contribution in [-0.2, 0) is 11.3 Å². The van der Waals surface area contributed by atoms with Crippen molar-refractivity contribution in [2.75, 3.05) is 13.7 Å². The van der Waals surface area contributed by atoms with Crippen molar-refractivity contribution in [2.45, 2.75) is 38.3 Å². The van der Waals surface area contributed by atoms with E-state index < -0.39 is 5.97 Å². The van der Waals surface area contributed by atoms with Gasteiger partial charge in [0, 0.05) is 36.1 Å². The highest BCUT2D eigenvalue weighted by molar-refractivity contribution is 5.67. The molecule has 1 aromatic carbocycles. The van der Waals surface area contributed by atoms with Crippen LogP contribution in [0, 0.1) is 0 Å². The molecular weight excluding hydrogens is 318 g/mol. The molecule has 1 aliphatic rings. The number of carboxylic acid groups (broad SMARTS) is 1. The Morgan fingerprint density at radius 3 is 2.60 bits per heavy atom. The number of nitrogens with zero attached hydrogens (tertiary/aromatic N) is 3. The number of methoxy groups -OCH3 is 1. The smallest absolute Gasteiger partial charge is 0.304 e. The van der Waals surface area contributed by atoms with Gasteiger partial charge >= 0.3 is 5.97 Å². The molecule has 0 amide bonds. The molecule has 132 valence electrons. The maximum atomic E-state index is 11.1. The number of benzene rings is 1. The molecule has 0 radical (unpaired) electrons. The zero-order chi connectivity index (χ0) is 17.6. The second kappa shape index (κ2) is 8.07. The van der Waals surface area contributed by atoms with Crippen LogP contribution in [-0.4, -0.2) is 45.6 Å². The molecule has 1 aliphatic heterocycles. The highest BCUT2D eigenvalue weighted by Crippen LogP contribution is 2.23. The molecule has 2 heterocycles. The zero-order valence-corrected chi connectivity index (χ0v) is 14.4. The molecule has 0 saturated carbocycles. The van der Waals surface area contributed by atoms with Crippen LogP contribution in [0.15, 0.2) is 36.7 Å². The third-order valence-electron chi connectivity index (χ3n) is 4.60. The number of rotatable bonds is 6. The fraction of sp³-hybridized carbons (Fsp3) is 0.421. The van der Waals surface area contributed by atoms with Crippen molar-refractivity contribution in [2.24, 2.45) is 0 Å². The molecule has 1 saturated heterocycles. The minimum absolute atomic E-state index is 0.104. The van der Waals surface area contributed by atoms with E-state index in [9.17, 15) is 4.79 Å². The maximum Gasteiger partial charge on any atom is 0.304 e. The molecule has 1 N–H and O–H groups in total. The van der Waals surface area contributed by atoms with E-state index in [0.29, 0.717) is 12.4 Å². The Morgan fingerprint density at radius 2 is 1.96 bits per heavy atom. The van der Waals surface area contributed by atoms with Crippen molar-refractivity contribution >= 4 is 5.97 Å². The Bertz CT molecular complexity index is 701. The number of aliphatic carboxylic acids is 1. The molecule has 6 nitrogen and oxygen atoms in total. The SMILES string of the molecule is COc1ccc(-c2ncc(CN3CCCC[C@@H]3CC(=O)O)cn2)cc1. The molecule has 0 spiro atoms. The van der Waals surface area contributed by atoms with Crippen molar-refractivity contribution < 1.29 is 14.6 Å². The average molecular weight is 341 g/mol. The standard InChI is InChI=1S/C19H23N3O3/c1-25-17-7-5-15(6-8-17)19-20-11-14(12-21-19)13-22-9-3-2-4-16(22)10-18(23)24/h5-8,11-12,16H,2-4,9-10,13H2,1H3,(H,23,24)/t16-/m1/s1. The lowest BCUT2D eigenvalue weighted by molar-refractivity contribution is -0.138. The zero-order valence-electron chi connectivity index (χ0n) is 14.4. The van der Waals surface area contributed by atoms with Crippen LogP contribution in [0.3, 0.4) is 0 Å². The van der Waals surface area contributed by atoms with Gasteiger partial charge in [0.2, 0.25) is 0 Å². The van der Waals surface area contributed by atoms with Crippen LogP contribution in [0.25, 0.3) is 11.4 Å². The maximum absolute atomic E-state index is 11.1. The summed E-state index contributed by atoms with van der Waals surface area (Å²) >= 11 is 0. The summed E-state index contributed by atoms with van der Waals surface area (Å²) in [6, 6.07) is 7.74. The summed E-state index contributed by atoms with van der Waals surface area (Å²) in [5, 5.41) is 9.09. The second-order valence-corrected chi connectivity index (χ2v) is 6.36. The summed E-state index contributed by atoms with van der Waals surface area (Å²) in [6.07, 6.45) is 7.02. The lowest BCUT2D eigenvalue weighted by Gasteiger charge is -2.34. The van der Waals surface area contributed by atoms with Crippen LogP contribution >= 0.6 is 0 Å². The van der Waals surface area contributed by atoms with E-state index >= 15 is 0 Å². The van der Waals surface area contributed by atoms with Crippen LogP contribution in [0.4, 0.5) is 0 Å². The highest BCUT2D eigenvalue weighted by atomic mass is 16.5. The molecule has 1 atom stereocenters. The van der Waals surface area contributed by atoms with Gasteiger partial charge in [0.05, 0.1) is 13.5 Å². The lowest BCUT2D eigenvalue weighted by Crippen LogP contribution is -2.40. The molecule has 1 aromatic heterocycles. The quantitative estimate of drug-likeness (QED) is 0.870. The topological polar surface area (TPSA) is 75.5 Å². The average Bonchev–Trinajstić information content (AvgIpc) is 2.64. The van der Waals surface area contributed by atoms with Gasteiger partial charge in [-0.15, -0.1) is 0 Å².